The lowest BCUT2D eigenvalue weighted by Gasteiger charge is -2.08. The lowest BCUT2D eigenvalue weighted by molar-refractivity contribution is -0.113. The Hall–Kier alpha value is -3.39. The SMILES string of the molecule is CCOC(=O)c1cccc(NC(=O)CSc2nnc3cc(C)c4ccccc4n23)c1. The molecule has 152 valence electrons. The van der Waals surface area contributed by atoms with Crippen LogP contribution in [0.2, 0.25) is 0 Å². The van der Waals surface area contributed by atoms with E-state index < -0.39 is 5.97 Å². The first-order valence-electron chi connectivity index (χ1n) is 9.50. The van der Waals surface area contributed by atoms with E-state index in [2.05, 4.69) is 21.6 Å². The second kappa shape index (κ2) is 8.54. The molecule has 7 nitrogen and oxygen atoms in total. The number of rotatable bonds is 6. The first kappa shape index (κ1) is 19.9. The van der Waals surface area contributed by atoms with Gasteiger partial charge in [0.1, 0.15) is 0 Å². The van der Waals surface area contributed by atoms with Crippen LogP contribution in [-0.2, 0) is 9.53 Å². The summed E-state index contributed by atoms with van der Waals surface area (Å²) in [4.78, 5) is 24.3. The van der Waals surface area contributed by atoms with E-state index in [-0.39, 0.29) is 11.7 Å². The number of amides is 1. The molecule has 1 amide bonds. The first-order chi connectivity index (χ1) is 14.6. The molecule has 0 bridgehead atoms. The second-order valence-corrected chi connectivity index (χ2v) is 7.60. The molecule has 0 aliphatic heterocycles. The lowest BCUT2D eigenvalue weighted by atomic mass is 10.1. The van der Waals surface area contributed by atoms with Gasteiger partial charge in [0.05, 0.1) is 23.4 Å². The summed E-state index contributed by atoms with van der Waals surface area (Å²) < 4.78 is 6.96. The van der Waals surface area contributed by atoms with Gasteiger partial charge in [0.25, 0.3) is 0 Å². The van der Waals surface area contributed by atoms with Crippen molar-refractivity contribution in [2.75, 3.05) is 17.7 Å². The molecule has 2 heterocycles. The van der Waals surface area contributed by atoms with Crippen LogP contribution in [-0.4, -0.2) is 38.8 Å². The summed E-state index contributed by atoms with van der Waals surface area (Å²) in [5, 5.41) is 13.1. The number of pyridine rings is 1. The molecule has 4 aromatic rings. The van der Waals surface area contributed by atoms with Crippen LogP contribution in [0.5, 0.6) is 0 Å². The second-order valence-electron chi connectivity index (χ2n) is 6.66. The number of fused-ring (bicyclic) bond motifs is 3. The van der Waals surface area contributed by atoms with Crippen LogP contribution in [0.1, 0.15) is 22.8 Å². The van der Waals surface area contributed by atoms with Gasteiger partial charge in [-0.25, -0.2) is 4.79 Å². The fourth-order valence-corrected chi connectivity index (χ4v) is 3.99. The number of esters is 1. The number of thioether (sulfide) groups is 1. The minimum Gasteiger partial charge on any atom is -0.462 e. The summed E-state index contributed by atoms with van der Waals surface area (Å²) in [7, 11) is 0. The number of aryl methyl sites for hydroxylation is 1. The largest absolute Gasteiger partial charge is 0.462 e. The normalized spacial score (nSPS) is 11.0. The molecule has 0 saturated heterocycles. The highest BCUT2D eigenvalue weighted by Crippen LogP contribution is 2.25. The summed E-state index contributed by atoms with van der Waals surface area (Å²) in [6, 6.07) is 16.7. The van der Waals surface area contributed by atoms with Crippen LogP contribution in [0.25, 0.3) is 16.6 Å². The molecule has 2 aromatic heterocycles. The van der Waals surface area contributed by atoms with E-state index >= 15 is 0 Å². The van der Waals surface area contributed by atoms with Crippen LogP contribution in [0.15, 0.2) is 59.8 Å². The molecular formula is C22H20N4O3S. The van der Waals surface area contributed by atoms with Gasteiger partial charge in [-0.2, -0.15) is 0 Å². The number of carbonyl (C=O) groups is 2. The molecule has 0 aliphatic carbocycles. The third-order valence-corrected chi connectivity index (χ3v) is 5.49. The van der Waals surface area contributed by atoms with Crippen molar-refractivity contribution in [3.8, 4) is 0 Å². The number of hydrogen-bond donors (Lipinski definition) is 1. The number of nitrogens with one attached hydrogen (secondary N) is 1. The Bertz CT molecular complexity index is 1250. The van der Waals surface area contributed by atoms with E-state index in [1.165, 1.54) is 11.8 Å². The number of carbonyl (C=O) groups excluding carboxylic acids is 2. The minimum atomic E-state index is -0.417. The van der Waals surface area contributed by atoms with E-state index in [1.807, 2.05) is 35.6 Å². The van der Waals surface area contributed by atoms with E-state index in [4.69, 9.17) is 4.74 Å². The van der Waals surface area contributed by atoms with Crippen LogP contribution in [0.3, 0.4) is 0 Å². The van der Waals surface area contributed by atoms with Crippen LogP contribution in [0, 0.1) is 6.92 Å². The molecule has 0 aliphatic rings. The number of nitrogens with zero attached hydrogens (tertiary/aromatic N) is 3. The summed E-state index contributed by atoms with van der Waals surface area (Å²) in [5.74, 6) is -0.457. The Balaban J connectivity index is 1.50. The number of anilines is 1. The van der Waals surface area contributed by atoms with Crippen LogP contribution >= 0.6 is 11.8 Å². The number of ether oxygens (including phenoxy) is 1. The number of aromatic nitrogens is 3. The standard InChI is InChI=1S/C22H20N4O3S/c1-3-29-21(28)15-7-6-8-16(12-15)23-20(27)13-30-22-25-24-19-11-14(2)17-9-4-5-10-18(17)26(19)22/h4-12H,3,13H2,1-2H3,(H,23,27). The molecule has 2 aromatic carbocycles. The quantitative estimate of drug-likeness (QED) is 0.373. The third-order valence-electron chi connectivity index (χ3n) is 4.56. The Morgan fingerprint density at radius 1 is 1.10 bits per heavy atom. The van der Waals surface area contributed by atoms with E-state index in [9.17, 15) is 9.59 Å². The van der Waals surface area contributed by atoms with Gasteiger partial charge in [-0.3, -0.25) is 9.20 Å². The zero-order chi connectivity index (χ0) is 21.1. The van der Waals surface area contributed by atoms with E-state index in [0.29, 0.717) is 23.0 Å². The number of benzene rings is 2. The van der Waals surface area contributed by atoms with Gasteiger partial charge in [-0.15, -0.1) is 10.2 Å². The van der Waals surface area contributed by atoms with Gasteiger partial charge in [0, 0.05) is 11.1 Å². The van der Waals surface area contributed by atoms with Crippen molar-refractivity contribution < 1.29 is 14.3 Å². The van der Waals surface area contributed by atoms with Gasteiger partial charge < -0.3 is 10.1 Å². The highest BCUT2D eigenvalue weighted by Gasteiger charge is 2.14. The Labute approximate surface area is 177 Å². The van der Waals surface area contributed by atoms with Crippen molar-refractivity contribution in [2.24, 2.45) is 0 Å². The zero-order valence-corrected chi connectivity index (χ0v) is 17.4. The number of hydrogen-bond acceptors (Lipinski definition) is 6. The maximum atomic E-state index is 12.5. The minimum absolute atomic E-state index is 0.159. The molecule has 4 rings (SSSR count). The smallest absolute Gasteiger partial charge is 0.338 e. The van der Waals surface area contributed by atoms with Crippen molar-refractivity contribution in [2.45, 2.75) is 19.0 Å². The highest BCUT2D eigenvalue weighted by molar-refractivity contribution is 7.99. The van der Waals surface area contributed by atoms with E-state index in [0.717, 1.165) is 22.1 Å². The predicted molar refractivity (Wildman–Crippen MR) is 117 cm³/mol. The topological polar surface area (TPSA) is 85.6 Å². The summed E-state index contributed by atoms with van der Waals surface area (Å²) in [6.07, 6.45) is 0. The average molecular weight is 420 g/mol. The highest BCUT2D eigenvalue weighted by atomic mass is 32.2. The van der Waals surface area contributed by atoms with Crippen molar-refractivity contribution in [1.29, 1.82) is 0 Å². The van der Waals surface area contributed by atoms with Crippen LogP contribution < -0.4 is 5.32 Å². The average Bonchev–Trinajstić information content (AvgIpc) is 3.16. The molecule has 0 atom stereocenters. The molecular weight excluding hydrogens is 400 g/mol. The molecule has 8 heteroatoms. The number of para-hydroxylation sites is 1. The Morgan fingerprint density at radius 3 is 2.77 bits per heavy atom. The van der Waals surface area contributed by atoms with Gasteiger partial charge in [-0.1, -0.05) is 36.0 Å². The monoisotopic (exact) mass is 420 g/mol. The lowest BCUT2D eigenvalue weighted by Crippen LogP contribution is -2.15. The summed E-state index contributed by atoms with van der Waals surface area (Å²) in [5.41, 5.74) is 3.81. The van der Waals surface area contributed by atoms with E-state index in [1.54, 1.807) is 31.2 Å². The van der Waals surface area contributed by atoms with Crippen molar-refractivity contribution in [3.63, 3.8) is 0 Å². The van der Waals surface area contributed by atoms with Gasteiger partial charge >= 0.3 is 5.97 Å². The summed E-state index contributed by atoms with van der Waals surface area (Å²) in [6.45, 7) is 4.09. The third kappa shape index (κ3) is 3.99. The van der Waals surface area contributed by atoms with Crippen LogP contribution in [0.4, 0.5) is 5.69 Å². The zero-order valence-electron chi connectivity index (χ0n) is 16.6. The first-order valence-corrected chi connectivity index (χ1v) is 10.5. The molecule has 0 radical (unpaired) electrons. The van der Waals surface area contributed by atoms with Gasteiger partial charge in [0.2, 0.25) is 5.91 Å². The Kier molecular flexibility index (Phi) is 5.67. The predicted octanol–water partition coefficient (Wildman–Crippen LogP) is 4.10. The van der Waals surface area contributed by atoms with Crippen molar-refractivity contribution in [3.05, 3.63) is 65.7 Å². The molecule has 0 saturated carbocycles. The summed E-state index contributed by atoms with van der Waals surface area (Å²) >= 11 is 1.31. The molecule has 0 spiro atoms. The fraction of sp³-hybridized carbons (Fsp3) is 0.182. The fourth-order valence-electron chi connectivity index (χ4n) is 3.23. The Morgan fingerprint density at radius 2 is 1.93 bits per heavy atom. The maximum absolute atomic E-state index is 12.5. The molecule has 1 N–H and O–H groups in total. The molecule has 0 fully saturated rings. The molecule has 30 heavy (non-hydrogen) atoms. The molecule has 0 unspecified atom stereocenters. The maximum Gasteiger partial charge on any atom is 0.338 e. The van der Waals surface area contributed by atoms with Gasteiger partial charge in [-0.05, 0) is 49.7 Å². The van der Waals surface area contributed by atoms with Crippen molar-refractivity contribution >= 4 is 45.9 Å². The van der Waals surface area contributed by atoms with Gasteiger partial charge in [0.15, 0.2) is 10.8 Å². The van der Waals surface area contributed by atoms with Crippen molar-refractivity contribution in [1.82, 2.24) is 14.6 Å².